The maximum Gasteiger partial charge on any atom is 0.427 e. The number of nitrogens with zero attached hydrogens (tertiary/aromatic N) is 5. The first-order valence-corrected chi connectivity index (χ1v) is 14.0. The first-order valence-electron chi connectivity index (χ1n) is 13.6. The number of halogens is 2. The van der Waals surface area contributed by atoms with Crippen LogP contribution in [-0.4, -0.2) is 30.6 Å². The van der Waals surface area contributed by atoms with Gasteiger partial charge in [-0.25, -0.2) is 24.1 Å². The predicted molar refractivity (Wildman–Crippen MR) is 141 cm³/mol. The summed E-state index contributed by atoms with van der Waals surface area (Å²) >= 11 is 6.33. The van der Waals surface area contributed by atoms with Crippen LogP contribution in [0.2, 0.25) is 5.02 Å². The lowest BCUT2D eigenvalue weighted by atomic mass is 9.77. The summed E-state index contributed by atoms with van der Waals surface area (Å²) in [7, 11) is 0. The van der Waals surface area contributed by atoms with Crippen molar-refractivity contribution in [2.24, 2.45) is 17.8 Å². The van der Waals surface area contributed by atoms with Crippen molar-refractivity contribution in [3.05, 3.63) is 35.1 Å². The van der Waals surface area contributed by atoms with Gasteiger partial charge in [0.2, 0.25) is 0 Å². The number of amides is 1. The highest BCUT2D eigenvalue weighted by molar-refractivity contribution is 6.30. The standard InChI is InChI=1S/C27H33ClFN7O2/c1-15-6-8-17(9-7-15)14-36-21-20(18-11-19(28)13-30-12-18)31-23(24-34-26(37)38-35-24)32-22(21)33-25(36)27(29)10-4-3-5-16(27)2/h11-13,15-17,24,35H,3-10,14H2,1-2H3,(H,34,37). The highest BCUT2D eigenvalue weighted by Crippen LogP contribution is 2.46. The zero-order valence-corrected chi connectivity index (χ0v) is 22.5. The number of carbonyl (C=O) groups is 1. The minimum absolute atomic E-state index is 0.161. The molecule has 3 aromatic heterocycles. The van der Waals surface area contributed by atoms with Gasteiger partial charge in [0.25, 0.3) is 0 Å². The summed E-state index contributed by atoms with van der Waals surface area (Å²) < 4.78 is 19.1. The van der Waals surface area contributed by atoms with E-state index >= 15 is 4.39 Å². The van der Waals surface area contributed by atoms with Crippen LogP contribution in [0.15, 0.2) is 18.5 Å². The molecule has 1 saturated heterocycles. The lowest BCUT2D eigenvalue weighted by Gasteiger charge is -2.36. The Balaban J connectivity index is 1.57. The fourth-order valence-corrected chi connectivity index (χ4v) is 6.41. The molecule has 2 aliphatic carbocycles. The Labute approximate surface area is 225 Å². The molecule has 2 N–H and O–H groups in total. The summed E-state index contributed by atoms with van der Waals surface area (Å²) in [5.41, 5.74) is 3.34. The van der Waals surface area contributed by atoms with Crippen LogP contribution in [0.3, 0.4) is 0 Å². The van der Waals surface area contributed by atoms with Crippen LogP contribution in [0.25, 0.3) is 22.4 Å². The van der Waals surface area contributed by atoms with E-state index in [1.165, 1.54) is 12.8 Å². The van der Waals surface area contributed by atoms with E-state index < -0.39 is 17.9 Å². The topological polar surface area (TPSA) is 107 Å². The lowest BCUT2D eigenvalue weighted by molar-refractivity contribution is 0.0312. The van der Waals surface area contributed by atoms with E-state index in [-0.39, 0.29) is 11.7 Å². The number of hydrogen-bond acceptors (Lipinski definition) is 7. The van der Waals surface area contributed by atoms with Crippen LogP contribution >= 0.6 is 11.6 Å². The van der Waals surface area contributed by atoms with Crippen LogP contribution in [-0.2, 0) is 17.1 Å². The van der Waals surface area contributed by atoms with Gasteiger partial charge in [0.15, 0.2) is 23.3 Å². The summed E-state index contributed by atoms with van der Waals surface area (Å²) in [6, 6.07) is 1.78. The van der Waals surface area contributed by atoms with E-state index in [1.807, 2.05) is 6.92 Å². The Morgan fingerprint density at radius 3 is 2.66 bits per heavy atom. The van der Waals surface area contributed by atoms with Gasteiger partial charge < -0.3 is 9.40 Å². The van der Waals surface area contributed by atoms with Gasteiger partial charge in [-0.1, -0.05) is 44.7 Å². The van der Waals surface area contributed by atoms with E-state index in [1.54, 1.807) is 18.5 Å². The van der Waals surface area contributed by atoms with Crippen molar-refractivity contribution in [3.63, 3.8) is 0 Å². The van der Waals surface area contributed by atoms with Gasteiger partial charge in [-0.3, -0.25) is 10.3 Å². The minimum atomic E-state index is -1.56. The molecule has 6 rings (SSSR count). The van der Waals surface area contributed by atoms with Crippen LogP contribution in [0.4, 0.5) is 9.18 Å². The Kier molecular flexibility index (Phi) is 6.72. The Bertz CT molecular complexity index is 1360. The zero-order chi connectivity index (χ0) is 26.4. The summed E-state index contributed by atoms with van der Waals surface area (Å²) in [5.74, 6) is 1.67. The third kappa shape index (κ3) is 4.62. The summed E-state index contributed by atoms with van der Waals surface area (Å²) in [6.07, 6.45) is 9.47. The molecule has 38 heavy (non-hydrogen) atoms. The molecular formula is C27H33ClFN7O2. The van der Waals surface area contributed by atoms with E-state index in [9.17, 15) is 4.79 Å². The van der Waals surface area contributed by atoms with Crippen LogP contribution in [0, 0.1) is 17.8 Å². The average Bonchev–Trinajstić information content (AvgIpc) is 3.51. The monoisotopic (exact) mass is 541 g/mol. The molecule has 3 fully saturated rings. The Morgan fingerprint density at radius 2 is 1.95 bits per heavy atom. The molecule has 0 radical (unpaired) electrons. The van der Waals surface area contributed by atoms with Gasteiger partial charge in [0, 0.05) is 24.5 Å². The Morgan fingerprint density at radius 1 is 1.13 bits per heavy atom. The predicted octanol–water partition coefficient (Wildman–Crippen LogP) is 5.99. The summed E-state index contributed by atoms with van der Waals surface area (Å²) in [6.45, 7) is 4.94. The molecule has 3 aromatic rings. The third-order valence-electron chi connectivity index (χ3n) is 8.55. The second-order valence-corrected chi connectivity index (χ2v) is 11.7. The van der Waals surface area contributed by atoms with E-state index in [2.05, 4.69) is 27.3 Å². The maximum absolute atomic E-state index is 17.0. The molecular weight excluding hydrogens is 509 g/mol. The SMILES string of the molecule is CC1CCC(Cn2c(C3(F)CCCCC3C)nc3nc(C4NOC(=O)N4)nc(-c4cncc(Cl)c4)c32)CC1. The van der Waals surface area contributed by atoms with Crippen molar-refractivity contribution in [1.82, 2.24) is 35.3 Å². The number of hydrogen-bond donors (Lipinski definition) is 2. The van der Waals surface area contributed by atoms with Crippen molar-refractivity contribution in [1.29, 1.82) is 0 Å². The maximum atomic E-state index is 17.0. The molecule has 0 spiro atoms. The smallest absolute Gasteiger partial charge is 0.351 e. The average molecular weight is 542 g/mol. The van der Waals surface area contributed by atoms with Crippen LogP contribution in [0.1, 0.15) is 83.0 Å². The van der Waals surface area contributed by atoms with Gasteiger partial charge in [-0.2, -0.15) is 0 Å². The number of aromatic nitrogens is 5. The van der Waals surface area contributed by atoms with E-state index in [4.69, 9.17) is 31.4 Å². The van der Waals surface area contributed by atoms with Crippen molar-refractivity contribution in [3.8, 4) is 11.3 Å². The van der Waals surface area contributed by atoms with Gasteiger partial charge in [0.05, 0.1) is 5.02 Å². The van der Waals surface area contributed by atoms with Gasteiger partial charge in [-0.05, 0) is 55.9 Å². The fourth-order valence-electron chi connectivity index (χ4n) is 6.24. The van der Waals surface area contributed by atoms with E-state index in [0.717, 1.165) is 32.1 Å². The van der Waals surface area contributed by atoms with Crippen molar-refractivity contribution >= 4 is 28.9 Å². The van der Waals surface area contributed by atoms with Crippen LogP contribution < -0.4 is 10.8 Å². The molecule has 3 unspecified atom stereocenters. The molecule has 1 aliphatic heterocycles. The molecule has 0 bridgehead atoms. The lowest BCUT2D eigenvalue weighted by Crippen LogP contribution is -2.36. The molecule has 202 valence electrons. The molecule has 2 saturated carbocycles. The normalized spacial score (nSPS) is 29.8. The molecule has 3 aliphatic rings. The highest BCUT2D eigenvalue weighted by atomic mass is 35.5. The van der Waals surface area contributed by atoms with Gasteiger partial charge >= 0.3 is 6.09 Å². The highest BCUT2D eigenvalue weighted by Gasteiger charge is 2.45. The molecule has 9 nitrogen and oxygen atoms in total. The second kappa shape index (κ2) is 10.0. The summed E-state index contributed by atoms with van der Waals surface area (Å²) in [4.78, 5) is 35.3. The van der Waals surface area contributed by atoms with Gasteiger partial charge in [-0.15, -0.1) is 5.48 Å². The number of fused-ring (bicyclic) bond motifs is 1. The second-order valence-electron chi connectivity index (χ2n) is 11.3. The van der Waals surface area contributed by atoms with Crippen molar-refractivity contribution in [2.45, 2.75) is 83.6 Å². The molecule has 1 amide bonds. The number of pyridine rings is 1. The van der Waals surface area contributed by atoms with Crippen molar-refractivity contribution < 1.29 is 14.0 Å². The third-order valence-corrected chi connectivity index (χ3v) is 8.75. The molecule has 4 heterocycles. The molecule has 0 aromatic carbocycles. The first-order chi connectivity index (χ1) is 18.3. The first kappa shape index (κ1) is 25.4. The number of imidazole rings is 1. The number of nitrogens with one attached hydrogen (secondary N) is 2. The molecule has 11 heteroatoms. The number of hydroxylamine groups is 1. The number of carbonyl (C=O) groups excluding carboxylic acids is 1. The number of rotatable bonds is 5. The fraction of sp³-hybridized carbons (Fsp3) is 0.593. The zero-order valence-electron chi connectivity index (χ0n) is 21.7. The largest absolute Gasteiger partial charge is 0.427 e. The van der Waals surface area contributed by atoms with Crippen molar-refractivity contribution in [2.75, 3.05) is 0 Å². The Hall–Kier alpha value is -2.85. The van der Waals surface area contributed by atoms with E-state index in [0.29, 0.717) is 58.1 Å². The number of alkyl halides is 1. The van der Waals surface area contributed by atoms with Gasteiger partial charge in [0.1, 0.15) is 17.0 Å². The summed E-state index contributed by atoms with van der Waals surface area (Å²) in [5, 5.41) is 3.11. The molecule has 3 atom stereocenters. The quantitative estimate of drug-likeness (QED) is 0.409. The minimum Gasteiger partial charge on any atom is -0.351 e. The van der Waals surface area contributed by atoms with Crippen LogP contribution in [0.5, 0.6) is 0 Å².